The van der Waals surface area contributed by atoms with E-state index in [1.165, 1.54) is 0 Å². The number of nitrogens with two attached hydrogens (primary N) is 1. The molecule has 1 aromatic carbocycles. The highest BCUT2D eigenvalue weighted by Crippen LogP contribution is 2.25. The predicted molar refractivity (Wildman–Crippen MR) is 78.8 cm³/mol. The second kappa shape index (κ2) is 6.11. The number of nitrogen functional groups attached to an aromatic ring is 1. The highest BCUT2D eigenvalue weighted by molar-refractivity contribution is 6.31. The molecule has 20 heavy (non-hydrogen) atoms. The molecule has 2 aromatic rings. The smallest absolute Gasteiger partial charge is 0.242 e. The van der Waals surface area contributed by atoms with Crippen molar-refractivity contribution in [2.75, 3.05) is 26.0 Å². The van der Waals surface area contributed by atoms with Crippen LogP contribution in [0, 0.1) is 0 Å². The summed E-state index contributed by atoms with van der Waals surface area (Å²) in [4.78, 5) is 16.3. The van der Waals surface area contributed by atoms with Gasteiger partial charge < -0.3 is 15.8 Å². The molecule has 2 rings (SSSR count). The molecule has 0 aliphatic heterocycles. The number of hydrogen-bond donors (Lipinski definition) is 2. The number of nitrogens with zero attached hydrogens (tertiary/aromatic N) is 2. The van der Waals surface area contributed by atoms with Crippen molar-refractivity contribution in [3.05, 3.63) is 23.2 Å². The summed E-state index contributed by atoms with van der Waals surface area (Å²) in [7, 11) is 1.58. The second-order valence-corrected chi connectivity index (χ2v) is 4.87. The van der Waals surface area contributed by atoms with Gasteiger partial charge in [-0.05, 0) is 25.1 Å². The van der Waals surface area contributed by atoms with Crippen molar-refractivity contribution in [1.29, 1.82) is 0 Å². The number of carbonyl (C=O) groups excluding carboxylic acids is 1. The Labute approximate surface area is 121 Å². The molecule has 1 amide bonds. The van der Waals surface area contributed by atoms with E-state index in [1.807, 2.05) is 0 Å². The van der Waals surface area contributed by atoms with E-state index in [1.54, 1.807) is 36.8 Å². The predicted octanol–water partition coefficient (Wildman–Crippen LogP) is 1.60. The minimum Gasteiger partial charge on any atom is -0.383 e. The average molecular weight is 297 g/mol. The number of fused-ring (bicyclic) bond motifs is 1. The lowest BCUT2D eigenvalue weighted by molar-refractivity contribution is -0.123. The SMILES string of the molecule is COCCNC(=O)C(C)n1c(N)nc2cc(Cl)ccc21. The Bertz CT molecular complexity index is 626. The maximum atomic E-state index is 12.1. The Morgan fingerprint density at radius 2 is 2.35 bits per heavy atom. The molecular weight excluding hydrogens is 280 g/mol. The van der Waals surface area contributed by atoms with E-state index in [0.717, 1.165) is 5.52 Å². The quantitative estimate of drug-likeness (QED) is 0.821. The third kappa shape index (κ3) is 2.86. The molecule has 1 heterocycles. The summed E-state index contributed by atoms with van der Waals surface area (Å²) >= 11 is 5.92. The molecule has 0 bridgehead atoms. The first-order valence-corrected chi connectivity index (χ1v) is 6.62. The Morgan fingerprint density at radius 3 is 3.05 bits per heavy atom. The van der Waals surface area contributed by atoms with Gasteiger partial charge in [-0.2, -0.15) is 0 Å². The van der Waals surface area contributed by atoms with Gasteiger partial charge in [0.2, 0.25) is 11.9 Å². The number of aromatic nitrogens is 2. The summed E-state index contributed by atoms with van der Waals surface area (Å²) in [6.07, 6.45) is 0. The van der Waals surface area contributed by atoms with Crippen molar-refractivity contribution in [2.24, 2.45) is 0 Å². The van der Waals surface area contributed by atoms with E-state index in [2.05, 4.69) is 10.3 Å². The highest BCUT2D eigenvalue weighted by Gasteiger charge is 2.20. The monoisotopic (exact) mass is 296 g/mol. The normalized spacial score (nSPS) is 12.6. The summed E-state index contributed by atoms with van der Waals surface area (Å²) in [5, 5.41) is 3.36. The molecule has 6 nitrogen and oxygen atoms in total. The van der Waals surface area contributed by atoms with Crippen molar-refractivity contribution in [3.8, 4) is 0 Å². The lowest BCUT2D eigenvalue weighted by Gasteiger charge is -2.15. The minimum atomic E-state index is -0.460. The lowest BCUT2D eigenvalue weighted by atomic mass is 10.2. The molecule has 0 saturated carbocycles. The number of anilines is 1. The number of carbonyl (C=O) groups is 1. The summed E-state index contributed by atoms with van der Waals surface area (Å²) < 4.78 is 6.58. The molecule has 0 radical (unpaired) electrons. The molecule has 1 aromatic heterocycles. The molecule has 0 saturated heterocycles. The summed E-state index contributed by atoms with van der Waals surface area (Å²) in [5.74, 6) is 0.152. The molecular formula is C13H17ClN4O2. The molecule has 0 aliphatic carbocycles. The van der Waals surface area contributed by atoms with Gasteiger partial charge in [0, 0.05) is 18.7 Å². The molecule has 3 N–H and O–H groups in total. The number of nitrogens with one attached hydrogen (secondary N) is 1. The van der Waals surface area contributed by atoms with E-state index >= 15 is 0 Å². The van der Waals surface area contributed by atoms with Gasteiger partial charge in [0.15, 0.2) is 0 Å². The van der Waals surface area contributed by atoms with Crippen LogP contribution in [0.1, 0.15) is 13.0 Å². The van der Waals surface area contributed by atoms with Crippen molar-refractivity contribution < 1.29 is 9.53 Å². The van der Waals surface area contributed by atoms with Gasteiger partial charge in [0.1, 0.15) is 6.04 Å². The average Bonchev–Trinajstić information content (AvgIpc) is 2.73. The molecule has 1 unspecified atom stereocenters. The fourth-order valence-corrected chi connectivity index (χ4v) is 2.21. The largest absolute Gasteiger partial charge is 0.383 e. The van der Waals surface area contributed by atoms with Gasteiger partial charge in [0.05, 0.1) is 17.6 Å². The van der Waals surface area contributed by atoms with Gasteiger partial charge in [0.25, 0.3) is 0 Å². The first kappa shape index (κ1) is 14.6. The number of halogens is 1. The molecule has 1 atom stereocenters. The van der Waals surface area contributed by atoms with E-state index in [-0.39, 0.29) is 11.9 Å². The molecule has 0 spiro atoms. The molecule has 108 valence electrons. The van der Waals surface area contributed by atoms with Crippen LogP contribution in [-0.2, 0) is 9.53 Å². The van der Waals surface area contributed by atoms with Crippen LogP contribution < -0.4 is 11.1 Å². The Balaban J connectivity index is 2.27. The van der Waals surface area contributed by atoms with Crippen molar-refractivity contribution >= 4 is 34.5 Å². The topological polar surface area (TPSA) is 82.2 Å². The first-order chi connectivity index (χ1) is 9.54. The van der Waals surface area contributed by atoms with Crippen molar-refractivity contribution in [3.63, 3.8) is 0 Å². The zero-order valence-corrected chi connectivity index (χ0v) is 12.1. The highest BCUT2D eigenvalue weighted by atomic mass is 35.5. The summed E-state index contributed by atoms with van der Waals surface area (Å²) in [6.45, 7) is 2.69. The fraction of sp³-hybridized carbons (Fsp3) is 0.385. The van der Waals surface area contributed by atoms with E-state index in [4.69, 9.17) is 22.1 Å². The van der Waals surface area contributed by atoms with Crippen molar-refractivity contribution in [1.82, 2.24) is 14.9 Å². The standard InChI is InChI=1S/C13H17ClN4O2/c1-8(12(19)16-5-6-20-2)18-11-4-3-9(14)7-10(11)17-13(18)15/h3-4,7-8H,5-6H2,1-2H3,(H2,15,17)(H,16,19). The Hall–Kier alpha value is -1.79. The minimum absolute atomic E-state index is 0.136. The van der Waals surface area contributed by atoms with Gasteiger partial charge in [-0.15, -0.1) is 0 Å². The molecule has 0 fully saturated rings. The molecule has 0 aliphatic rings. The summed E-state index contributed by atoms with van der Waals surface area (Å²) in [5.41, 5.74) is 7.35. The maximum absolute atomic E-state index is 12.1. The van der Waals surface area contributed by atoms with Crippen LogP contribution in [0.2, 0.25) is 5.02 Å². The number of ether oxygens (including phenoxy) is 1. The van der Waals surface area contributed by atoms with Gasteiger partial charge in [-0.25, -0.2) is 4.98 Å². The number of imidazole rings is 1. The van der Waals surface area contributed by atoms with Crippen LogP contribution in [0.4, 0.5) is 5.95 Å². The Morgan fingerprint density at radius 1 is 1.60 bits per heavy atom. The molecule has 7 heteroatoms. The number of amides is 1. The van der Waals surface area contributed by atoms with Gasteiger partial charge in [-0.3, -0.25) is 9.36 Å². The van der Waals surface area contributed by atoms with Gasteiger partial charge >= 0.3 is 0 Å². The van der Waals surface area contributed by atoms with E-state index < -0.39 is 6.04 Å². The van der Waals surface area contributed by atoms with Gasteiger partial charge in [-0.1, -0.05) is 11.6 Å². The second-order valence-electron chi connectivity index (χ2n) is 4.43. The summed E-state index contributed by atoms with van der Waals surface area (Å²) in [6, 6.07) is 4.81. The fourth-order valence-electron chi connectivity index (χ4n) is 2.04. The number of rotatable bonds is 5. The number of benzene rings is 1. The zero-order valence-electron chi connectivity index (χ0n) is 11.4. The first-order valence-electron chi connectivity index (χ1n) is 6.24. The third-order valence-corrected chi connectivity index (χ3v) is 3.29. The number of methoxy groups -OCH3 is 1. The van der Waals surface area contributed by atoms with Crippen LogP contribution in [0.5, 0.6) is 0 Å². The van der Waals surface area contributed by atoms with Crippen LogP contribution in [-0.4, -0.2) is 35.7 Å². The van der Waals surface area contributed by atoms with E-state index in [9.17, 15) is 4.79 Å². The van der Waals surface area contributed by atoms with Crippen LogP contribution in [0.25, 0.3) is 11.0 Å². The maximum Gasteiger partial charge on any atom is 0.242 e. The van der Waals surface area contributed by atoms with Crippen LogP contribution >= 0.6 is 11.6 Å². The van der Waals surface area contributed by atoms with Crippen LogP contribution in [0.15, 0.2) is 18.2 Å². The van der Waals surface area contributed by atoms with Crippen molar-refractivity contribution in [2.45, 2.75) is 13.0 Å². The Kier molecular flexibility index (Phi) is 4.46. The van der Waals surface area contributed by atoms with E-state index in [0.29, 0.717) is 23.7 Å². The lowest BCUT2D eigenvalue weighted by Crippen LogP contribution is -2.33. The van der Waals surface area contributed by atoms with Crippen LogP contribution in [0.3, 0.4) is 0 Å². The number of hydrogen-bond acceptors (Lipinski definition) is 4. The third-order valence-electron chi connectivity index (χ3n) is 3.05. The zero-order chi connectivity index (χ0) is 14.7.